The Labute approximate surface area is 57.9 Å². The van der Waals surface area contributed by atoms with Crippen molar-refractivity contribution in [3.63, 3.8) is 0 Å². The number of hydrogen-bond donors (Lipinski definition) is 1. The molecule has 0 aliphatic heterocycles. The van der Waals surface area contributed by atoms with Gasteiger partial charge in [0.1, 0.15) is 0 Å². The topological polar surface area (TPSA) is 26.0 Å². The van der Waals surface area contributed by atoms with E-state index in [-0.39, 0.29) is 0 Å². The first kappa shape index (κ1) is 8.70. The zero-order valence-electron chi connectivity index (χ0n) is 6.48. The molecule has 0 bridgehead atoms. The summed E-state index contributed by atoms with van der Waals surface area (Å²) in [5.74, 6) is 0. The van der Waals surface area contributed by atoms with Gasteiger partial charge in [0, 0.05) is 0 Å². The first-order valence-corrected chi connectivity index (χ1v) is 3.67. The van der Waals surface area contributed by atoms with Crippen LogP contribution in [0, 0.1) is 0 Å². The number of nitrogens with two attached hydrogens (primary N) is 1. The smallest absolute Gasteiger partial charge is 0.00425 e. The zero-order valence-corrected chi connectivity index (χ0v) is 6.48. The summed E-state index contributed by atoms with van der Waals surface area (Å²) >= 11 is 0. The molecule has 9 heavy (non-hydrogen) atoms. The minimum atomic E-state index is 0.779. The van der Waals surface area contributed by atoms with Crippen molar-refractivity contribution in [1.29, 1.82) is 0 Å². The van der Waals surface area contributed by atoms with Gasteiger partial charge in [-0.2, -0.15) is 0 Å². The molecule has 0 rings (SSSR count). The minimum absolute atomic E-state index is 0.779. The largest absolute Gasteiger partial charge is 0.330 e. The summed E-state index contributed by atoms with van der Waals surface area (Å²) in [5, 5.41) is 0. The molecular weight excluding hydrogens is 110 g/mol. The molecule has 0 aliphatic carbocycles. The first-order chi connectivity index (χ1) is 4.31. The van der Waals surface area contributed by atoms with Gasteiger partial charge >= 0.3 is 0 Å². The maximum absolute atomic E-state index is 5.33. The molecule has 1 heteroatoms. The van der Waals surface area contributed by atoms with Crippen LogP contribution in [0.15, 0.2) is 11.6 Å². The lowest BCUT2D eigenvalue weighted by atomic mass is 10.1. The van der Waals surface area contributed by atoms with Crippen LogP contribution in [-0.4, -0.2) is 6.54 Å². The average molecular weight is 127 g/mol. The van der Waals surface area contributed by atoms with Gasteiger partial charge in [-0.05, 0) is 26.3 Å². The van der Waals surface area contributed by atoms with Crippen molar-refractivity contribution in [2.24, 2.45) is 5.73 Å². The summed E-state index contributed by atoms with van der Waals surface area (Å²) < 4.78 is 0. The number of hydrogen-bond acceptors (Lipinski definition) is 1. The van der Waals surface area contributed by atoms with Gasteiger partial charge < -0.3 is 5.73 Å². The maximum atomic E-state index is 5.33. The molecule has 0 heterocycles. The molecule has 2 N–H and O–H groups in total. The second-order valence-corrected chi connectivity index (χ2v) is 2.38. The normalized spacial score (nSPS) is 12.1. The zero-order chi connectivity index (χ0) is 7.11. The third-order valence-corrected chi connectivity index (χ3v) is 1.30. The van der Waals surface area contributed by atoms with E-state index in [1.165, 1.54) is 18.4 Å². The Kier molecular flexibility index (Phi) is 5.64. The molecule has 0 aromatic rings. The molecule has 1 nitrogen and oxygen atoms in total. The summed E-state index contributed by atoms with van der Waals surface area (Å²) in [7, 11) is 0. The van der Waals surface area contributed by atoms with Crippen LogP contribution in [0.1, 0.15) is 33.1 Å². The van der Waals surface area contributed by atoms with E-state index in [1.807, 2.05) is 0 Å². The third kappa shape index (κ3) is 5.57. The van der Waals surface area contributed by atoms with Crippen molar-refractivity contribution in [1.82, 2.24) is 0 Å². The van der Waals surface area contributed by atoms with E-state index in [0.717, 1.165) is 13.0 Å². The molecule has 0 unspecified atom stereocenters. The van der Waals surface area contributed by atoms with E-state index >= 15 is 0 Å². The van der Waals surface area contributed by atoms with Crippen molar-refractivity contribution in [2.45, 2.75) is 33.1 Å². The minimum Gasteiger partial charge on any atom is -0.330 e. The molecule has 0 amide bonds. The molecular formula is C8H17N. The molecule has 0 radical (unpaired) electrons. The van der Waals surface area contributed by atoms with Gasteiger partial charge in [-0.1, -0.05) is 25.0 Å². The molecule has 0 fully saturated rings. The van der Waals surface area contributed by atoms with Gasteiger partial charge in [-0.3, -0.25) is 0 Å². The van der Waals surface area contributed by atoms with Gasteiger partial charge in [0.05, 0.1) is 0 Å². The van der Waals surface area contributed by atoms with E-state index in [0.29, 0.717) is 0 Å². The Morgan fingerprint density at radius 2 is 2.22 bits per heavy atom. The van der Waals surface area contributed by atoms with Crippen LogP contribution < -0.4 is 5.73 Å². The van der Waals surface area contributed by atoms with Crippen LogP contribution in [0.25, 0.3) is 0 Å². The van der Waals surface area contributed by atoms with E-state index in [2.05, 4.69) is 19.9 Å². The summed E-state index contributed by atoms with van der Waals surface area (Å²) in [6, 6.07) is 0. The number of rotatable bonds is 4. The molecule has 0 aliphatic rings. The van der Waals surface area contributed by atoms with Gasteiger partial charge in [-0.15, -0.1) is 0 Å². The highest BCUT2D eigenvalue weighted by atomic mass is 14.5. The third-order valence-electron chi connectivity index (χ3n) is 1.30. The van der Waals surface area contributed by atoms with E-state index in [4.69, 9.17) is 5.73 Å². The monoisotopic (exact) mass is 127 g/mol. The molecule has 0 atom stereocenters. The van der Waals surface area contributed by atoms with Crippen molar-refractivity contribution in [3.8, 4) is 0 Å². The molecule has 0 saturated heterocycles. The van der Waals surface area contributed by atoms with Gasteiger partial charge in [0.2, 0.25) is 0 Å². The molecule has 0 spiro atoms. The summed E-state index contributed by atoms with van der Waals surface area (Å²) in [5.41, 5.74) is 6.80. The standard InChI is InChI=1S/C8H17N/c1-3-5-8(2)6-4-7-9/h6H,3-5,7,9H2,1-2H3. The maximum Gasteiger partial charge on any atom is -0.00425 e. The number of allylic oxidation sites excluding steroid dienone is 1. The second kappa shape index (κ2) is 5.83. The van der Waals surface area contributed by atoms with E-state index < -0.39 is 0 Å². The van der Waals surface area contributed by atoms with Gasteiger partial charge in [-0.25, -0.2) is 0 Å². The highest BCUT2D eigenvalue weighted by Gasteiger charge is 1.84. The Morgan fingerprint density at radius 1 is 1.56 bits per heavy atom. The molecule has 54 valence electrons. The van der Waals surface area contributed by atoms with Crippen LogP contribution in [0.5, 0.6) is 0 Å². The van der Waals surface area contributed by atoms with Crippen molar-refractivity contribution in [2.75, 3.05) is 6.54 Å². The fraction of sp³-hybridized carbons (Fsp3) is 0.750. The Bertz CT molecular complexity index is 84.6. The van der Waals surface area contributed by atoms with E-state index in [9.17, 15) is 0 Å². The van der Waals surface area contributed by atoms with Crippen LogP contribution in [0.4, 0.5) is 0 Å². The van der Waals surface area contributed by atoms with Gasteiger partial charge in [0.15, 0.2) is 0 Å². The highest BCUT2D eigenvalue weighted by Crippen LogP contribution is 2.02. The van der Waals surface area contributed by atoms with Crippen molar-refractivity contribution < 1.29 is 0 Å². The lowest BCUT2D eigenvalue weighted by Gasteiger charge is -1.95. The Balaban J connectivity index is 3.30. The van der Waals surface area contributed by atoms with Crippen LogP contribution in [0.3, 0.4) is 0 Å². The van der Waals surface area contributed by atoms with Crippen LogP contribution in [-0.2, 0) is 0 Å². The van der Waals surface area contributed by atoms with Gasteiger partial charge in [0.25, 0.3) is 0 Å². The molecule has 0 saturated carbocycles. The van der Waals surface area contributed by atoms with Crippen molar-refractivity contribution in [3.05, 3.63) is 11.6 Å². The Morgan fingerprint density at radius 3 is 2.67 bits per heavy atom. The van der Waals surface area contributed by atoms with E-state index in [1.54, 1.807) is 0 Å². The lowest BCUT2D eigenvalue weighted by molar-refractivity contribution is 0.886. The average Bonchev–Trinajstić information content (AvgIpc) is 1.85. The molecule has 0 aromatic carbocycles. The van der Waals surface area contributed by atoms with Crippen LogP contribution in [0.2, 0.25) is 0 Å². The second-order valence-electron chi connectivity index (χ2n) is 2.38. The highest BCUT2D eigenvalue weighted by molar-refractivity contribution is 4.97. The summed E-state index contributed by atoms with van der Waals surface area (Å²) in [6.45, 7) is 5.14. The SMILES string of the molecule is CCCC(C)=CCCN. The summed E-state index contributed by atoms with van der Waals surface area (Å²) in [6.07, 6.45) is 5.72. The van der Waals surface area contributed by atoms with Crippen LogP contribution >= 0.6 is 0 Å². The lowest BCUT2D eigenvalue weighted by Crippen LogP contribution is -1.95. The predicted molar refractivity (Wildman–Crippen MR) is 42.3 cm³/mol. The summed E-state index contributed by atoms with van der Waals surface area (Å²) in [4.78, 5) is 0. The fourth-order valence-electron chi connectivity index (χ4n) is 0.826. The molecule has 0 aromatic heterocycles. The predicted octanol–water partition coefficient (Wildman–Crippen LogP) is 2.08. The first-order valence-electron chi connectivity index (χ1n) is 3.67. The Hall–Kier alpha value is -0.300. The quantitative estimate of drug-likeness (QED) is 0.575. The van der Waals surface area contributed by atoms with Crippen molar-refractivity contribution >= 4 is 0 Å². The fourth-order valence-corrected chi connectivity index (χ4v) is 0.826.